The van der Waals surface area contributed by atoms with Gasteiger partial charge in [-0.05, 0) is 0 Å². The van der Waals surface area contributed by atoms with Crippen LogP contribution >= 0.6 is 0 Å². The molecule has 68 valence electrons. The number of hydrogen-bond donors (Lipinski definition) is 0. The molecule has 0 unspecified atom stereocenters. The predicted molar refractivity (Wildman–Crippen MR) is 60.5 cm³/mol. The van der Waals surface area contributed by atoms with E-state index in [4.69, 9.17) is 0 Å². The van der Waals surface area contributed by atoms with E-state index < -0.39 is 14.3 Å². The maximum absolute atomic E-state index is 2.34. The maximum atomic E-state index is 2.34. The van der Waals surface area contributed by atoms with E-state index in [1.165, 1.54) is 15.8 Å². The molecule has 0 aromatic heterocycles. The molecule has 2 radical (unpaired) electrons. The first kappa shape index (κ1) is 14.3. The van der Waals surface area contributed by atoms with Crippen LogP contribution in [0.15, 0.2) is 0 Å². The Bertz CT molecular complexity index is 52.3. The molecule has 0 nitrogen and oxygen atoms in total. The van der Waals surface area contributed by atoms with Crippen molar-refractivity contribution in [2.75, 3.05) is 0 Å². The first-order chi connectivity index (χ1) is 5.08. The fraction of sp³-hybridized carbons (Fsp3) is 1.00. The molecule has 0 aromatic carbocycles. The van der Waals surface area contributed by atoms with E-state index in [1.54, 1.807) is 0 Å². The van der Waals surface area contributed by atoms with Gasteiger partial charge in [-0.15, -0.1) is 0 Å². The summed E-state index contributed by atoms with van der Waals surface area (Å²) in [6, 6.07) is 0. The van der Waals surface area contributed by atoms with E-state index >= 15 is 0 Å². The molecule has 0 aliphatic rings. The van der Waals surface area contributed by atoms with Gasteiger partial charge in [-0.2, -0.15) is 0 Å². The summed E-state index contributed by atoms with van der Waals surface area (Å²) >= 11 is -0.403. The second-order valence-corrected chi connectivity index (χ2v) is 13.9. The third-order valence-electron chi connectivity index (χ3n) is 1.50. The van der Waals surface area contributed by atoms with Gasteiger partial charge >= 0.3 is 50.9 Å². The Hall–Kier alpha value is 0.760. The topological polar surface area (TPSA) is 0 Å². The van der Waals surface area contributed by atoms with E-state index in [2.05, 4.69) is 40.4 Å². The second-order valence-electron chi connectivity index (χ2n) is 3.31. The molecular weight excluding hydrogens is 209 g/mol. The van der Waals surface area contributed by atoms with Crippen molar-refractivity contribution in [3.63, 3.8) is 0 Å². The van der Waals surface area contributed by atoms with Crippen molar-refractivity contribution in [2.45, 2.75) is 56.2 Å². The zero-order valence-electron chi connectivity index (χ0n) is 9.12. The Balaban J connectivity index is 0. The molecule has 0 bridgehead atoms. The van der Waals surface area contributed by atoms with Crippen molar-refractivity contribution in [1.29, 1.82) is 0 Å². The molecule has 0 fully saturated rings. The summed E-state index contributed by atoms with van der Waals surface area (Å²) in [4.78, 5) is 0. The van der Waals surface area contributed by atoms with E-state index in [-0.39, 0.29) is 8.80 Å². The molecule has 0 aliphatic carbocycles. The van der Waals surface area contributed by atoms with E-state index in [9.17, 15) is 0 Å². The minimum atomic E-state index is -0.403. The first-order valence-corrected chi connectivity index (χ1v) is 12.1. The second kappa shape index (κ2) is 10.8. The molecule has 0 N–H and O–H groups in total. The standard InChI is InChI=1S/C6H15Ge.C3H9Si/c1-4-7(5-2)6-3;1-4(2)3/h4-6H2,1-3H3;1-3H3. The van der Waals surface area contributed by atoms with Gasteiger partial charge in [-0.1, -0.05) is 19.6 Å². The fourth-order valence-corrected chi connectivity index (χ4v) is 3.90. The van der Waals surface area contributed by atoms with Gasteiger partial charge in [-0.25, -0.2) is 0 Å². The van der Waals surface area contributed by atoms with Gasteiger partial charge in [0.1, 0.15) is 0 Å². The van der Waals surface area contributed by atoms with Crippen molar-refractivity contribution in [2.24, 2.45) is 0 Å². The third kappa shape index (κ3) is 18.1. The minimum absolute atomic E-state index is 0.120. The van der Waals surface area contributed by atoms with Crippen LogP contribution in [0.5, 0.6) is 0 Å². The van der Waals surface area contributed by atoms with Crippen molar-refractivity contribution in [1.82, 2.24) is 0 Å². The fourth-order valence-electron chi connectivity index (χ4n) is 0.750. The number of hydrogen-bond acceptors (Lipinski definition) is 0. The molecule has 11 heavy (non-hydrogen) atoms. The molecule has 0 heterocycles. The predicted octanol–water partition coefficient (Wildman–Crippen LogP) is 3.91. The van der Waals surface area contributed by atoms with Crippen molar-refractivity contribution >= 4 is 23.1 Å². The Labute approximate surface area is 79.5 Å². The molecule has 0 saturated heterocycles. The Morgan fingerprint density at radius 2 is 1.00 bits per heavy atom. The van der Waals surface area contributed by atoms with E-state index in [0.29, 0.717) is 0 Å². The SMILES string of the molecule is C[CH2][Ge]([CH2]C)[CH2]C.C[Si](C)C. The zero-order chi connectivity index (χ0) is 9.28. The normalized spacial score (nSPS) is 9.82. The molecule has 0 aliphatic heterocycles. The molecule has 0 spiro atoms. The molecular formula is C9H24GeSi. The Kier molecular flexibility index (Phi) is 14.0. The van der Waals surface area contributed by atoms with Gasteiger partial charge in [0.15, 0.2) is 0 Å². The maximum Gasteiger partial charge on any atom is 0.0379 e. The summed E-state index contributed by atoms with van der Waals surface area (Å²) in [7, 11) is 0.120. The third-order valence-corrected chi connectivity index (χ3v) is 7.79. The smallest absolute Gasteiger partial charge is 0.0379 e. The average molecular weight is 233 g/mol. The van der Waals surface area contributed by atoms with Gasteiger partial charge in [0, 0.05) is 8.80 Å². The Morgan fingerprint density at radius 1 is 0.818 bits per heavy atom. The molecule has 0 aromatic rings. The van der Waals surface area contributed by atoms with E-state index in [0.717, 1.165) is 0 Å². The number of rotatable bonds is 3. The van der Waals surface area contributed by atoms with Gasteiger partial charge in [0.25, 0.3) is 0 Å². The summed E-state index contributed by atoms with van der Waals surface area (Å²) < 4.78 is 0. The van der Waals surface area contributed by atoms with Crippen LogP contribution in [0.1, 0.15) is 20.8 Å². The van der Waals surface area contributed by atoms with Crippen LogP contribution in [0.3, 0.4) is 0 Å². The quantitative estimate of drug-likeness (QED) is 0.648. The average Bonchev–Trinajstić information content (AvgIpc) is 1.90. The molecule has 0 amide bonds. The minimum Gasteiger partial charge on any atom is -0.0715 e. The van der Waals surface area contributed by atoms with Crippen LogP contribution in [-0.2, 0) is 0 Å². The van der Waals surface area contributed by atoms with Crippen LogP contribution in [-0.4, -0.2) is 23.1 Å². The van der Waals surface area contributed by atoms with Gasteiger partial charge in [0.05, 0.1) is 0 Å². The van der Waals surface area contributed by atoms with Crippen LogP contribution in [0.25, 0.3) is 0 Å². The van der Waals surface area contributed by atoms with Crippen LogP contribution in [0.4, 0.5) is 0 Å². The van der Waals surface area contributed by atoms with Crippen molar-refractivity contribution in [3.8, 4) is 0 Å². The summed E-state index contributed by atoms with van der Waals surface area (Å²) in [6.45, 7) is 13.8. The molecule has 0 rings (SSSR count). The monoisotopic (exact) mass is 234 g/mol. The van der Waals surface area contributed by atoms with Crippen molar-refractivity contribution in [3.05, 3.63) is 0 Å². The summed E-state index contributed by atoms with van der Waals surface area (Å²) in [5.74, 6) is 0. The summed E-state index contributed by atoms with van der Waals surface area (Å²) in [6.07, 6.45) is 0. The zero-order valence-corrected chi connectivity index (χ0v) is 12.2. The van der Waals surface area contributed by atoms with Crippen molar-refractivity contribution < 1.29 is 0 Å². The van der Waals surface area contributed by atoms with Crippen LogP contribution < -0.4 is 0 Å². The van der Waals surface area contributed by atoms with Crippen LogP contribution in [0, 0.1) is 0 Å². The first-order valence-electron chi connectivity index (χ1n) is 4.68. The van der Waals surface area contributed by atoms with Gasteiger partial charge in [-0.3, -0.25) is 0 Å². The Morgan fingerprint density at radius 3 is 1.00 bits per heavy atom. The molecule has 2 heteroatoms. The summed E-state index contributed by atoms with van der Waals surface area (Å²) in [5, 5.41) is 4.56. The van der Waals surface area contributed by atoms with E-state index in [1.807, 2.05) is 0 Å². The van der Waals surface area contributed by atoms with Gasteiger partial charge < -0.3 is 0 Å². The largest absolute Gasteiger partial charge is 0.0715 e. The molecule has 0 saturated carbocycles. The molecule has 0 atom stereocenters. The van der Waals surface area contributed by atoms with Gasteiger partial charge in [0.2, 0.25) is 0 Å². The summed E-state index contributed by atoms with van der Waals surface area (Å²) in [5.41, 5.74) is 0. The van der Waals surface area contributed by atoms with Crippen LogP contribution in [0.2, 0.25) is 35.4 Å².